The van der Waals surface area contributed by atoms with Crippen LogP contribution in [0.4, 0.5) is 9.93 Å². The molecule has 168 valence electrons. The number of carboxylic acids is 1. The van der Waals surface area contributed by atoms with Gasteiger partial charge in [-0.25, -0.2) is 9.78 Å². The Hall–Kier alpha value is -1.77. The van der Waals surface area contributed by atoms with Gasteiger partial charge in [0.25, 0.3) is 0 Å². The lowest BCUT2D eigenvalue weighted by atomic mass is 9.86. The van der Waals surface area contributed by atoms with E-state index in [1.807, 2.05) is 29.2 Å². The van der Waals surface area contributed by atoms with Crippen LogP contribution in [0, 0.1) is 5.92 Å². The monoisotopic (exact) mass is 481 g/mol. The topological polar surface area (TPSA) is 82.5 Å². The highest BCUT2D eigenvalue weighted by Gasteiger charge is 2.27. The van der Waals surface area contributed by atoms with E-state index in [-0.39, 0.29) is 17.8 Å². The maximum atomic E-state index is 13.1. The molecule has 0 saturated heterocycles. The van der Waals surface area contributed by atoms with Crippen LogP contribution in [0.3, 0.4) is 0 Å². The quantitative estimate of drug-likeness (QED) is 0.428. The van der Waals surface area contributed by atoms with Crippen LogP contribution >= 0.6 is 34.7 Å². The molecule has 1 aliphatic carbocycles. The number of aliphatic carboxylic acids is 1. The zero-order chi connectivity index (χ0) is 22.2. The van der Waals surface area contributed by atoms with Crippen molar-refractivity contribution in [3.8, 4) is 0 Å². The van der Waals surface area contributed by atoms with Crippen molar-refractivity contribution >= 4 is 51.8 Å². The van der Waals surface area contributed by atoms with Gasteiger partial charge in [-0.3, -0.25) is 10.1 Å². The number of amides is 2. The Kier molecular flexibility index (Phi) is 9.04. The number of nitrogens with one attached hydrogen (secondary N) is 1. The fourth-order valence-electron chi connectivity index (χ4n) is 3.79. The number of thioether (sulfide) groups is 1. The number of urea groups is 1. The normalized spacial score (nSPS) is 18.5. The second-order valence-electron chi connectivity index (χ2n) is 7.93. The summed E-state index contributed by atoms with van der Waals surface area (Å²) in [7, 11) is 0. The van der Waals surface area contributed by atoms with Crippen LogP contribution in [0.25, 0.3) is 0 Å². The Morgan fingerprint density at radius 3 is 2.65 bits per heavy atom. The lowest BCUT2D eigenvalue weighted by Gasteiger charge is -2.36. The van der Waals surface area contributed by atoms with Gasteiger partial charge in [0.05, 0.1) is 16.2 Å². The van der Waals surface area contributed by atoms with Crippen LogP contribution in [-0.4, -0.2) is 45.3 Å². The predicted molar refractivity (Wildman–Crippen MR) is 127 cm³/mol. The van der Waals surface area contributed by atoms with Crippen molar-refractivity contribution in [2.45, 2.75) is 55.7 Å². The van der Waals surface area contributed by atoms with Gasteiger partial charge in [0.15, 0.2) is 5.13 Å². The highest BCUT2D eigenvalue weighted by atomic mass is 35.5. The summed E-state index contributed by atoms with van der Waals surface area (Å²) < 4.78 is 0.776. The summed E-state index contributed by atoms with van der Waals surface area (Å²) in [6.45, 7) is 2.95. The molecule has 0 bridgehead atoms. The van der Waals surface area contributed by atoms with Gasteiger partial charge in [0.1, 0.15) is 0 Å². The molecule has 0 unspecified atom stereocenters. The molecule has 1 aliphatic rings. The molecule has 0 spiro atoms. The van der Waals surface area contributed by atoms with Crippen molar-refractivity contribution in [3.63, 3.8) is 0 Å². The van der Waals surface area contributed by atoms with E-state index in [1.165, 1.54) is 28.7 Å². The molecule has 9 heteroatoms. The first-order valence-electron chi connectivity index (χ1n) is 10.5. The third-order valence-corrected chi connectivity index (χ3v) is 7.85. The Morgan fingerprint density at radius 1 is 1.26 bits per heavy atom. The van der Waals surface area contributed by atoms with E-state index < -0.39 is 5.97 Å². The summed E-state index contributed by atoms with van der Waals surface area (Å²) in [5.41, 5.74) is 1.21. The number of rotatable bonds is 9. The van der Waals surface area contributed by atoms with Gasteiger partial charge in [-0.15, -0.1) is 11.8 Å². The SMILES string of the molecule is C[C@H]1CC[C@H](N(CCCc2ccc(Cl)cc2)C(=O)Nc2ncc(SCC(=O)O)s2)CC1. The van der Waals surface area contributed by atoms with E-state index in [0.717, 1.165) is 47.8 Å². The van der Waals surface area contributed by atoms with Crippen molar-refractivity contribution in [2.75, 3.05) is 17.6 Å². The number of benzene rings is 1. The number of carboxylic acid groups (broad SMARTS) is 1. The van der Waals surface area contributed by atoms with Gasteiger partial charge in [-0.1, -0.05) is 42.0 Å². The van der Waals surface area contributed by atoms with Crippen LogP contribution in [-0.2, 0) is 11.2 Å². The second-order valence-corrected chi connectivity index (χ2v) is 10.7. The fourth-order valence-corrected chi connectivity index (χ4v) is 5.50. The Labute approximate surface area is 196 Å². The van der Waals surface area contributed by atoms with Crippen molar-refractivity contribution in [2.24, 2.45) is 5.92 Å². The molecule has 1 aromatic carbocycles. The highest BCUT2D eigenvalue weighted by Crippen LogP contribution is 2.30. The number of nitrogens with zero attached hydrogens (tertiary/aromatic N) is 2. The third kappa shape index (κ3) is 7.70. The number of carbonyl (C=O) groups is 2. The van der Waals surface area contributed by atoms with E-state index in [0.29, 0.717) is 17.6 Å². The number of thiazole rings is 1. The molecule has 0 aliphatic heterocycles. The van der Waals surface area contributed by atoms with Crippen molar-refractivity contribution in [1.82, 2.24) is 9.88 Å². The average Bonchev–Trinajstić information content (AvgIpc) is 3.19. The molecular weight excluding hydrogens is 454 g/mol. The molecule has 1 heterocycles. The van der Waals surface area contributed by atoms with Gasteiger partial charge in [-0.2, -0.15) is 0 Å². The van der Waals surface area contributed by atoms with Crippen LogP contribution in [0.5, 0.6) is 0 Å². The molecule has 3 rings (SSSR count). The minimum absolute atomic E-state index is 0.0212. The van der Waals surface area contributed by atoms with E-state index >= 15 is 0 Å². The van der Waals surface area contributed by atoms with E-state index in [4.69, 9.17) is 16.7 Å². The molecule has 1 fully saturated rings. The Bertz CT molecular complexity index is 867. The summed E-state index contributed by atoms with van der Waals surface area (Å²) in [6.07, 6.45) is 7.69. The molecular formula is C22H28ClN3O3S2. The van der Waals surface area contributed by atoms with Gasteiger partial charge in [0.2, 0.25) is 0 Å². The number of halogens is 1. The average molecular weight is 482 g/mol. The fraction of sp³-hybridized carbons (Fsp3) is 0.500. The second kappa shape index (κ2) is 11.7. The zero-order valence-corrected chi connectivity index (χ0v) is 19.9. The third-order valence-electron chi connectivity index (χ3n) is 5.50. The van der Waals surface area contributed by atoms with Gasteiger partial charge >= 0.3 is 12.0 Å². The van der Waals surface area contributed by atoms with E-state index in [2.05, 4.69) is 17.2 Å². The maximum absolute atomic E-state index is 13.1. The summed E-state index contributed by atoms with van der Waals surface area (Å²) >= 11 is 8.48. The summed E-state index contributed by atoms with van der Waals surface area (Å²) in [6, 6.07) is 7.96. The molecule has 2 N–H and O–H groups in total. The lowest BCUT2D eigenvalue weighted by Crippen LogP contribution is -2.45. The molecule has 31 heavy (non-hydrogen) atoms. The number of aromatic nitrogens is 1. The molecule has 1 saturated carbocycles. The molecule has 2 amide bonds. The van der Waals surface area contributed by atoms with Crippen LogP contribution in [0.2, 0.25) is 5.02 Å². The van der Waals surface area contributed by atoms with Crippen molar-refractivity contribution in [3.05, 3.63) is 41.0 Å². The number of hydrogen-bond acceptors (Lipinski definition) is 5. The Balaban J connectivity index is 1.60. The van der Waals surface area contributed by atoms with Gasteiger partial charge in [0, 0.05) is 17.6 Å². The highest BCUT2D eigenvalue weighted by molar-refractivity contribution is 8.01. The number of anilines is 1. The molecule has 2 aromatic rings. The number of carbonyl (C=O) groups excluding carboxylic acids is 1. The van der Waals surface area contributed by atoms with E-state index in [1.54, 1.807) is 6.20 Å². The minimum Gasteiger partial charge on any atom is -0.481 e. The summed E-state index contributed by atoms with van der Waals surface area (Å²) in [5, 5.41) is 13.0. The first-order chi connectivity index (χ1) is 14.9. The predicted octanol–water partition coefficient (Wildman–Crippen LogP) is 6.02. The number of aryl methyl sites for hydroxylation is 1. The smallest absolute Gasteiger partial charge is 0.323 e. The van der Waals surface area contributed by atoms with Gasteiger partial charge in [-0.05, 0) is 62.1 Å². The van der Waals surface area contributed by atoms with Crippen LogP contribution < -0.4 is 5.32 Å². The molecule has 1 aromatic heterocycles. The van der Waals surface area contributed by atoms with E-state index in [9.17, 15) is 9.59 Å². The zero-order valence-electron chi connectivity index (χ0n) is 17.6. The first kappa shape index (κ1) is 23.9. The Morgan fingerprint density at radius 2 is 1.97 bits per heavy atom. The van der Waals surface area contributed by atoms with Crippen molar-refractivity contribution < 1.29 is 14.7 Å². The van der Waals surface area contributed by atoms with Gasteiger partial charge < -0.3 is 10.0 Å². The first-order valence-corrected chi connectivity index (χ1v) is 12.7. The molecule has 0 radical (unpaired) electrons. The minimum atomic E-state index is -0.873. The van der Waals surface area contributed by atoms with Crippen molar-refractivity contribution in [1.29, 1.82) is 0 Å². The largest absolute Gasteiger partial charge is 0.481 e. The van der Waals surface area contributed by atoms with Crippen LogP contribution in [0.1, 0.15) is 44.6 Å². The molecule has 0 atom stereocenters. The molecule has 6 nitrogen and oxygen atoms in total. The summed E-state index contributed by atoms with van der Waals surface area (Å²) in [5.74, 6) is -0.183. The lowest BCUT2D eigenvalue weighted by molar-refractivity contribution is -0.133. The van der Waals surface area contributed by atoms with Crippen LogP contribution in [0.15, 0.2) is 34.7 Å². The standard InChI is InChI=1S/C22H28ClN3O3S2/c1-15-4-10-18(11-5-15)26(12-2-3-16-6-8-17(23)9-7-16)22(29)25-21-24-13-20(31-21)30-14-19(27)28/h6-9,13,15,18H,2-5,10-12,14H2,1H3,(H,27,28)(H,24,25,29)/t15-,18-. The number of hydrogen-bond donors (Lipinski definition) is 2. The summed E-state index contributed by atoms with van der Waals surface area (Å²) in [4.78, 5) is 30.1. The maximum Gasteiger partial charge on any atom is 0.323 e.